The molecule has 3 aromatic rings. The monoisotopic (exact) mass is 577 g/mol. The van der Waals surface area contributed by atoms with Gasteiger partial charge in [0, 0.05) is 17.2 Å². The second kappa shape index (κ2) is 13.6. The van der Waals surface area contributed by atoms with E-state index in [1.165, 1.54) is 6.07 Å². The van der Waals surface area contributed by atoms with Crippen LogP contribution >= 0.6 is 0 Å². The van der Waals surface area contributed by atoms with Crippen LogP contribution in [-0.4, -0.2) is 42.3 Å². The van der Waals surface area contributed by atoms with Gasteiger partial charge < -0.3 is 26.3 Å². The Morgan fingerprint density at radius 2 is 1.66 bits per heavy atom. The molecule has 0 radical (unpaired) electrons. The minimum absolute atomic E-state index is 0.0853. The Morgan fingerprint density at radius 3 is 2.27 bits per heavy atom. The van der Waals surface area contributed by atoms with Crippen molar-refractivity contribution >= 4 is 29.6 Å². The highest BCUT2D eigenvalue weighted by molar-refractivity contribution is 5.98. The standard InChI is InChI=1S/C27H27F4N5O5/c1-14(2)22(32)25(37)40-11-10-34-27(39)41-13-15-6-9-21(35-23(15)17-8-7-16(28)12-20(17)31)36(26(33)38)24-18(29)4-3-5-19(24)30/h3-9,12,14,22H,10-11,13,32H2,1-2H3,(H2,33,38)(H,34,39). The summed E-state index contributed by atoms with van der Waals surface area (Å²) in [6, 6.07) is 5.74. The van der Waals surface area contributed by atoms with Gasteiger partial charge in [0.2, 0.25) is 0 Å². The Hall–Kier alpha value is -4.72. The molecule has 0 saturated carbocycles. The predicted octanol–water partition coefficient (Wildman–Crippen LogP) is 4.27. The third-order valence-corrected chi connectivity index (χ3v) is 5.73. The number of aromatic nitrogens is 1. The zero-order valence-electron chi connectivity index (χ0n) is 22.0. The Bertz CT molecular complexity index is 1420. The number of halogens is 4. The molecule has 0 aliphatic carbocycles. The van der Waals surface area contributed by atoms with E-state index in [9.17, 15) is 31.9 Å². The summed E-state index contributed by atoms with van der Waals surface area (Å²) >= 11 is 0. The van der Waals surface area contributed by atoms with Crippen molar-refractivity contribution in [2.45, 2.75) is 26.5 Å². The number of pyridine rings is 1. The maximum absolute atomic E-state index is 14.8. The number of carbonyl (C=O) groups excluding carboxylic acids is 3. The number of amides is 3. The summed E-state index contributed by atoms with van der Waals surface area (Å²) in [7, 11) is 0. The van der Waals surface area contributed by atoms with Crippen LogP contribution < -0.4 is 21.7 Å². The molecule has 1 aromatic heterocycles. The average Bonchev–Trinajstić information content (AvgIpc) is 2.91. The van der Waals surface area contributed by atoms with Crippen molar-refractivity contribution in [3.05, 3.63) is 77.4 Å². The first kappa shape index (κ1) is 30.8. The van der Waals surface area contributed by atoms with E-state index in [-0.39, 0.29) is 35.9 Å². The van der Waals surface area contributed by atoms with Crippen molar-refractivity contribution in [3.63, 3.8) is 0 Å². The first-order chi connectivity index (χ1) is 19.4. The van der Waals surface area contributed by atoms with Crippen molar-refractivity contribution < 1.29 is 41.4 Å². The second-order valence-corrected chi connectivity index (χ2v) is 8.99. The molecule has 14 heteroatoms. The molecule has 1 heterocycles. The van der Waals surface area contributed by atoms with Crippen molar-refractivity contribution in [2.75, 3.05) is 18.1 Å². The van der Waals surface area contributed by atoms with E-state index in [0.29, 0.717) is 11.0 Å². The Balaban J connectivity index is 1.85. The fourth-order valence-electron chi connectivity index (χ4n) is 3.54. The number of benzene rings is 2. The van der Waals surface area contributed by atoms with Gasteiger partial charge in [0.05, 0.1) is 12.2 Å². The first-order valence-corrected chi connectivity index (χ1v) is 12.2. The highest BCUT2D eigenvalue weighted by Gasteiger charge is 2.26. The molecule has 0 fully saturated rings. The van der Waals surface area contributed by atoms with E-state index in [2.05, 4.69) is 10.3 Å². The fraction of sp³-hybridized carbons (Fsp3) is 0.259. The fourth-order valence-corrected chi connectivity index (χ4v) is 3.54. The number of carbonyl (C=O) groups is 3. The quantitative estimate of drug-likeness (QED) is 0.185. The number of para-hydroxylation sites is 1. The number of primary amides is 1. The Morgan fingerprint density at radius 1 is 0.976 bits per heavy atom. The lowest BCUT2D eigenvalue weighted by Gasteiger charge is -2.22. The number of nitrogens with zero attached hydrogens (tertiary/aromatic N) is 2. The summed E-state index contributed by atoms with van der Waals surface area (Å²) < 4.78 is 67.5. The van der Waals surface area contributed by atoms with Gasteiger partial charge in [0.15, 0.2) is 0 Å². The van der Waals surface area contributed by atoms with Gasteiger partial charge in [-0.3, -0.25) is 4.79 Å². The van der Waals surface area contributed by atoms with E-state index in [4.69, 9.17) is 20.9 Å². The molecule has 218 valence electrons. The van der Waals surface area contributed by atoms with Crippen molar-refractivity contribution in [2.24, 2.45) is 17.4 Å². The molecule has 41 heavy (non-hydrogen) atoms. The van der Waals surface area contributed by atoms with Crippen LogP contribution in [-0.2, 0) is 20.9 Å². The smallest absolute Gasteiger partial charge is 0.407 e. The highest BCUT2D eigenvalue weighted by Crippen LogP contribution is 2.33. The molecular weight excluding hydrogens is 550 g/mol. The van der Waals surface area contributed by atoms with E-state index in [1.807, 2.05) is 0 Å². The van der Waals surface area contributed by atoms with Gasteiger partial charge in [-0.25, -0.2) is 37.0 Å². The Kier molecular flexibility index (Phi) is 10.2. The molecule has 0 bridgehead atoms. The number of esters is 1. The molecule has 1 atom stereocenters. The molecule has 0 aliphatic heterocycles. The number of alkyl carbamates (subject to hydrolysis) is 1. The number of nitrogens with two attached hydrogens (primary N) is 2. The molecule has 5 N–H and O–H groups in total. The van der Waals surface area contributed by atoms with Gasteiger partial charge in [-0.05, 0) is 42.3 Å². The molecular formula is C27H27F4N5O5. The number of urea groups is 1. The van der Waals surface area contributed by atoms with Crippen LogP contribution in [0.2, 0.25) is 0 Å². The van der Waals surface area contributed by atoms with Crippen LogP contribution in [0.5, 0.6) is 0 Å². The molecule has 0 saturated heterocycles. The third kappa shape index (κ3) is 7.69. The third-order valence-electron chi connectivity index (χ3n) is 5.73. The van der Waals surface area contributed by atoms with E-state index >= 15 is 0 Å². The summed E-state index contributed by atoms with van der Waals surface area (Å²) in [6.07, 6.45) is -0.934. The average molecular weight is 578 g/mol. The normalized spacial score (nSPS) is 11.6. The van der Waals surface area contributed by atoms with Crippen molar-refractivity contribution in [3.8, 4) is 11.3 Å². The minimum atomic E-state index is -1.30. The van der Waals surface area contributed by atoms with Crippen molar-refractivity contribution in [1.82, 2.24) is 10.3 Å². The molecule has 3 rings (SSSR count). The van der Waals surface area contributed by atoms with Crippen molar-refractivity contribution in [1.29, 1.82) is 0 Å². The SMILES string of the molecule is CC(C)C(N)C(=O)OCCNC(=O)OCc1ccc(N(C(N)=O)c2c(F)cccc2F)nc1-c1ccc(F)cc1F. The lowest BCUT2D eigenvalue weighted by Crippen LogP contribution is -2.38. The predicted molar refractivity (Wildman–Crippen MR) is 140 cm³/mol. The van der Waals surface area contributed by atoms with Crippen LogP contribution in [0, 0.1) is 29.2 Å². The van der Waals surface area contributed by atoms with Crippen LogP contribution in [0.4, 0.5) is 38.7 Å². The summed E-state index contributed by atoms with van der Waals surface area (Å²) in [4.78, 5) is 40.8. The molecule has 0 spiro atoms. The van der Waals surface area contributed by atoms with Gasteiger partial charge in [0.25, 0.3) is 0 Å². The van der Waals surface area contributed by atoms with E-state index in [1.54, 1.807) is 13.8 Å². The highest BCUT2D eigenvalue weighted by atomic mass is 19.1. The summed E-state index contributed by atoms with van der Waals surface area (Å²) in [5.41, 5.74) is 9.85. The molecule has 3 amide bonds. The molecule has 1 unspecified atom stereocenters. The largest absolute Gasteiger partial charge is 0.463 e. The zero-order valence-corrected chi connectivity index (χ0v) is 22.0. The second-order valence-electron chi connectivity index (χ2n) is 8.99. The Labute approximate surface area is 232 Å². The van der Waals surface area contributed by atoms with Crippen LogP contribution in [0.3, 0.4) is 0 Å². The lowest BCUT2D eigenvalue weighted by molar-refractivity contribution is -0.146. The van der Waals surface area contributed by atoms with Crippen LogP contribution in [0.1, 0.15) is 19.4 Å². The van der Waals surface area contributed by atoms with Crippen LogP contribution in [0.25, 0.3) is 11.3 Å². The number of anilines is 2. The maximum atomic E-state index is 14.8. The molecule has 0 aliphatic rings. The summed E-state index contributed by atoms with van der Waals surface area (Å²) in [6.45, 7) is 2.73. The number of rotatable bonds is 10. The minimum Gasteiger partial charge on any atom is -0.463 e. The van der Waals surface area contributed by atoms with Gasteiger partial charge in [-0.15, -0.1) is 0 Å². The maximum Gasteiger partial charge on any atom is 0.407 e. The van der Waals surface area contributed by atoms with Crippen LogP contribution in [0.15, 0.2) is 48.5 Å². The zero-order chi connectivity index (χ0) is 30.3. The topological polar surface area (TPSA) is 150 Å². The van der Waals surface area contributed by atoms with Gasteiger partial charge in [0.1, 0.15) is 54.0 Å². The summed E-state index contributed by atoms with van der Waals surface area (Å²) in [5, 5.41) is 2.36. The summed E-state index contributed by atoms with van der Waals surface area (Å²) in [5.74, 6) is -5.35. The number of hydrogen-bond acceptors (Lipinski definition) is 7. The number of hydrogen-bond donors (Lipinski definition) is 3. The molecule has 10 nitrogen and oxygen atoms in total. The molecule has 2 aromatic carbocycles. The number of nitrogens with one attached hydrogen (secondary N) is 1. The van der Waals surface area contributed by atoms with Gasteiger partial charge >= 0.3 is 18.1 Å². The van der Waals surface area contributed by atoms with E-state index in [0.717, 1.165) is 36.4 Å². The number of ether oxygens (including phenoxy) is 2. The van der Waals surface area contributed by atoms with Gasteiger partial charge in [-0.1, -0.05) is 19.9 Å². The van der Waals surface area contributed by atoms with Gasteiger partial charge in [-0.2, -0.15) is 0 Å². The van der Waals surface area contributed by atoms with E-state index < -0.39 is 65.5 Å². The lowest BCUT2D eigenvalue weighted by atomic mass is 10.1. The first-order valence-electron chi connectivity index (χ1n) is 12.2.